The summed E-state index contributed by atoms with van der Waals surface area (Å²) in [5.74, 6) is -0.243. The average molecular weight is 428 g/mol. The number of hydrogen-bond acceptors (Lipinski definition) is 7. The number of aromatic nitrogens is 5. The van der Waals surface area contributed by atoms with Gasteiger partial charge < -0.3 is 14.5 Å². The lowest BCUT2D eigenvalue weighted by molar-refractivity contribution is 0.0533. The van der Waals surface area contributed by atoms with Crippen LogP contribution in [-0.2, 0) is 5.60 Å². The molecule has 0 aliphatic carbocycles. The van der Waals surface area contributed by atoms with Gasteiger partial charge in [0.25, 0.3) is 11.8 Å². The van der Waals surface area contributed by atoms with Crippen molar-refractivity contribution in [3.05, 3.63) is 47.3 Å². The standard InChI is InChI=1S/C21H25FN6O3/c1-12-5-7-15(28-23-10-18(25-28)21(3,4)30)11-27(12)20(29)17-9-14(22)6-8-16(17)19-24-13(2)26-31-19/h6,8-10,12,15,30H,5,7,11H2,1-4H3/t12-,15-/m1/s1. The number of carbonyl (C=O) groups is 1. The van der Waals surface area contributed by atoms with Crippen LogP contribution in [0.25, 0.3) is 11.5 Å². The molecule has 1 aliphatic heterocycles. The summed E-state index contributed by atoms with van der Waals surface area (Å²) in [6, 6.07) is 3.74. The molecule has 0 spiro atoms. The van der Waals surface area contributed by atoms with Crippen LogP contribution in [0.3, 0.4) is 0 Å². The Hall–Kier alpha value is -3.14. The number of benzene rings is 1. The highest BCUT2D eigenvalue weighted by atomic mass is 19.1. The van der Waals surface area contributed by atoms with Crippen LogP contribution in [0.15, 0.2) is 28.9 Å². The molecule has 0 radical (unpaired) electrons. The minimum absolute atomic E-state index is 0.0476. The van der Waals surface area contributed by atoms with E-state index in [4.69, 9.17) is 4.52 Å². The van der Waals surface area contributed by atoms with Crippen LogP contribution in [0.4, 0.5) is 4.39 Å². The zero-order valence-electron chi connectivity index (χ0n) is 17.9. The highest BCUT2D eigenvalue weighted by Gasteiger charge is 2.34. The summed E-state index contributed by atoms with van der Waals surface area (Å²) in [6.45, 7) is 7.28. The fraction of sp³-hybridized carbons (Fsp3) is 0.476. The third kappa shape index (κ3) is 4.20. The van der Waals surface area contributed by atoms with Crippen LogP contribution in [0.1, 0.15) is 61.5 Å². The van der Waals surface area contributed by atoms with Gasteiger partial charge in [-0.2, -0.15) is 20.0 Å². The smallest absolute Gasteiger partial charge is 0.258 e. The quantitative estimate of drug-likeness (QED) is 0.680. The Morgan fingerprint density at radius 2 is 2.10 bits per heavy atom. The molecule has 2 atom stereocenters. The summed E-state index contributed by atoms with van der Waals surface area (Å²) in [6.07, 6.45) is 3.05. The monoisotopic (exact) mass is 428 g/mol. The molecule has 3 heterocycles. The van der Waals surface area contributed by atoms with Gasteiger partial charge in [0.1, 0.15) is 17.1 Å². The number of nitrogens with zero attached hydrogens (tertiary/aromatic N) is 6. The molecule has 10 heteroatoms. The summed E-state index contributed by atoms with van der Waals surface area (Å²) in [7, 11) is 0. The second-order valence-corrected chi connectivity index (χ2v) is 8.48. The minimum Gasteiger partial charge on any atom is -0.384 e. The van der Waals surface area contributed by atoms with Crippen LogP contribution in [0.2, 0.25) is 0 Å². The van der Waals surface area contributed by atoms with Gasteiger partial charge in [-0.1, -0.05) is 5.16 Å². The number of aryl methyl sites for hydroxylation is 1. The Balaban J connectivity index is 1.63. The highest BCUT2D eigenvalue weighted by Crippen LogP contribution is 2.30. The number of amides is 1. The SMILES string of the molecule is Cc1noc(-c2ccc(F)cc2C(=O)N2C[C@H](n3ncc(C(C)(C)O)n3)CC[C@H]2C)n1. The van der Waals surface area contributed by atoms with E-state index in [1.807, 2.05) is 6.92 Å². The van der Waals surface area contributed by atoms with Crippen molar-refractivity contribution in [3.63, 3.8) is 0 Å². The largest absolute Gasteiger partial charge is 0.384 e. The highest BCUT2D eigenvalue weighted by molar-refractivity contribution is 6.00. The molecule has 1 amide bonds. The van der Waals surface area contributed by atoms with E-state index in [-0.39, 0.29) is 29.4 Å². The summed E-state index contributed by atoms with van der Waals surface area (Å²) < 4.78 is 19.3. The van der Waals surface area contributed by atoms with E-state index in [1.54, 1.807) is 30.5 Å². The molecule has 1 aliphatic rings. The summed E-state index contributed by atoms with van der Waals surface area (Å²) in [5, 5.41) is 22.6. The molecule has 4 rings (SSSR count). The van der Waals surface area contributed by atoms with Crippen molar-refractivity contribution in [1.29, 1.82) is 0 Å². The number of hydrogen-bond donors (Lipinski definition) is 1. The number of likely N-dealkylation sites (tertiary alicyclic amines) is 1. The zero-order valence-corrected chi connectivity index (χ0v) is 17.9. The van der Waals surface area contributed by atoms with Crippen molar-refractivity contribution in [3.8, 4) is 11.5 Å². The molecule has 1 fully saturated rings. The normalized spacial score (nSPS) is 19.6. The third-order valence-corrected chi connectivity index (χ3v) is 5.55. The van der Waals surface area contributed by atoms with Gasteiger partial charge >= 0.3 is 0 Å². The Morgan fingerprint density at radius 1 is 1.32 bits per heavy atom. The first-order chi connectivity index (χ1) is 14.6. The number of piperidine rings is 1. The molecule has 31 heavy (non-hydrogen) atoms. The summed E-state index contributed by atoms with van der Waals surface area (Å²) >= 11 is 0. The van der Waals surface area contributed by atoms with E-state index >= 15 is 0 Å². The third-order valence-electron chi connectivity index (χ3n) is 5.55. The Kier molecular flexibility index (Phi) is 5.34. The topological polar surface area (TPSA) is 110 Å². The van der Waals surface area contributed by atoms with E-state index in [9.17, 15) is 14.3 Å². The molecular formula is C21H25FN6O3. The first-order valence-electron chi connectivity index (χ1n) is 10.2. The lowest BCUT2D eigenvalue weighted by Crippen LogP contribution is -2.46. The van der Waals surface area contributed by atoms with Crippen LogP contribution in [0, 0.1) is 12.7 Å². The van der Waals surface area contributed by atoms with E-state index in [0.717, 1.165) is 12.8 Å². The van der Waals surface area contributed by atoms with Crippen LogP contribution in [-0.4, -0.2) is 53.6 Å². The van der Waals surface area contributed by atoms with Crippen LogP contribution in [0.5, 0.6) is 0 Å². The second-order valence-electron chi connectivity index (χ2n) is 8.48. The van der Waals surface area contributed by atoms with E-state index < -0.39 is 11.4 Å². The van der Waals surface area contributed by atoms with Crippen molar-refractivity contribution in [2.75, 3.05) is 6.54 Å². The maximum atomic E-state index is 14.1. The van der Waals surface area contributed by atoms with Gasteiger partial charge in [-0.25, -0.2) is 4.39 Å². The molecule has 164 valence electrons. The van der Waals surface area contributed by atoms with Gasteiger partial charge in [-0.15, -0.1) is 0 Å². The number of rotatable bonds is 4. The Labute approximate surface area is 178 Å². The van der Waals surface area contributed by atoms with Crippen molar-refractivity contribution in [2.24, 2.45) is 0 Å². The maximum absolute atomic E-state index is 14.1. The van der Waals surface area contributed by atoms with Crippen molar-refractivity contribution >= 4 is 5.91 Å². The Morgan fingerprint density at radius 3 is 2.74 bits per heavy atom. The molecule has 0 bridgehead atoms. The molecule has 1 N–H and O–H groups in total. The van der Waals surface area contributed by atoms with Crippen molar-refractivity contribution in [1.82, 2.24) is 30.0 Å². The maximum Gasteiger partial charge on any atom is 0.258 e. The van der Waals surface area contributed by atoms with Gasteiger partial charge in [0, 0.05) is 12.6 Å². The van der Waals surface area contributed by atoms with Gasteiger partial charge in [0.05, 0.1) is 23.4 Å². The van der Waals surface area contributed by atoms with E-state index in [1.165, 1.54) is 24.4 Å². The molecule has 1 saturated heterocycles. The zero-order chi connectivity index (χ0) is 22.3. The van der Waals surface area contributed by atoms with Gasteiger partial charge in [0.2, 0.25) is 0 Å². The van der Waals surface area contributed by atoms with E-state index in [0.29, 0.717) is 23.6 Å². The predicted molar refractivity (Wildman–Crippen MR) is 108 cm³/mol. The lowest BCUT2D eigenvalue weighted by Gasteiger charge is -2.37. The van der Waals surface area contributed by atoms with E-state index in [2.05, 4.69) is 20.3 Å². The average Bonchev–Trinajstić information content (AvgIpc) is 3.37. The molecular weight excluding hydrogens is 403 g/mol. The Bertz CT molecular complexity index is 1100. The number of carbonyl (C=O) groups excluding carboxylic acids is 1. The number of halogens is 1. The molecule has 1 aromatic carbocycles. The van der Waals surface area contributed by atoms with Gasteiger partial charge in [-0.05, 0) is 58.7 Å². The summed E-state index contributed by atoms with van der Waals surface area (Å²) in [5.41, 5.74) is -0.0817. The van der Waals surface area contributed by atoms with Gasteiger partial charge in [-0.3, -0.25) is 4.79 Å². The predicted octanol–water partition coefficient (Wildman–Crippen LogP) is 2.87. The fourth-order valence-electron chi connectivity index (χ4n) is 3.73. The summed E-state index contributed by atoms with van der Waals surface area (Å²) in [4.78, 5) is 20.9. The lowest BCUT2D eigenvalue weighted by atomic mass is 9.97. The molecule has 3 aromatic rings. The fourth-order valence-corrected chi connectivity index (χ4v) is 3.73. The minimum atomic E-state index is -1.10. The number of aliphatic hydroxyl groups is 1. The molecule has 2 aromatic heterocycles. The van der Waals surface area contributed by atoms with Crippen LogP contribution < -0.4 is 0 Å². The molecule has 0 unspecified atom stereocenters. The van der Waals surface area contributed by atoms with Crippen LogP contribution >= 0.6 is 0 Å². The first-order valence-corrected chi connectivity index (χ1v) is 10.2. The second kappa shape index (κ2) is 7.84. The van der Waals surface area contributed by atoms with Gasteiger partial charge in [0.15, 0.2) is 5.82 Å². The van der Waals surface area contributed by atoms with Crippen molar-refractivity contribution < 1.29 is 18.8 Å². The first kappa shape index (κ1) is 21.1. The molecule has 9 nitrogen and oxygen atoms in total. The van der Waals surface area contributed by atoms with Crippen molar-refractivity contribution in [2.45, 2.75) is 58.2 Å². The molecule has 0 saturated carbocycles.